The molecule has 0 saturated heterocycles. The zero-order valence-electron chi connectivity index (χ0n) is 6.24. The van der Waals surface area contributed by atoms with E-state index in [1.54, 1.807) is 0 Å². The largest absolute Gasteiger partial charge is 0.481 e. The summed E-state index contributed by atoms with van der Waals surface area (Å²) in [5, 5.41) is 18.6. The van der Waals surface area contributed by atoms with Crippen LogP contribution in [0.4, 0.5) is 0 Å². The van der Waals surface area contributed by atoms with Crippen LogP contribution in [0.1, 0.15) is 6.42 Å². The maximum atomic E-state index is 10.4. The Hall–Kier alpha value is -1.43. The second kappa shape index (κ2) is 5.25. The third-order valence-electron chi connectivity index (χ3n) is 1.04. The molecule has 68 valence electrons. The highest BCUT2D eigenvalue weighted by molar-refractivity contribution is 6.33. The molecule has 0 amide bonds. The molecule has 0 radical (unpaired) electrons. The second-order valence-corrected chi connectivity index (χ2v) is 2.05. The summed E-state index contributed by atoms with van der Waals surface area (Å²) in [6.45, 7) is -0.239. The van der Waals surface area contributed by atoms with Crippen LogP contribution in [0.2, 0.25) is 0 Å². The van der Waals surface area contributed by atoms with Crippen molar-refractivity contribution < 1.29 is 24.6 Å². The van der Waals surface area contributed by atoms with E-state index in [1.165, 1.54) is 0 Å². The summed E-state index contributed by atoms with van der Waals surface area (Å²) in [6, 6.07) is 0. The molecule has 0 heterocycles. The molecule has 0 aromatic carbocycles. The number of aliphatic carboxylic acids is 2. The van der Waals surface area contributed by atoms with E-state index in [9.17, 15) is 14.4 Å². The number of carboxylic acids is 2. The zero-order chi connectivity index (χ0) is 9.56. The number of carboxylic acid groups (broad SMARTS) is 2. The smallest absolute Gasteiger partial charge is 0.373 e. The van der Waals surface area contributed by atoms with E-state index in [0.717, 1.165) is 0 Å². The van der Waals surface area contributed by atoms with E-state index >= 15 is 0 Å². The maximum absolute atomic E-state index is 10.4. The number of rotatable bonds is 6. The molecule has 0 rings (SSSR count). The lowest BCUT2D eigenvalue weighted by Crippen LogP contribution is -2.29. The normalized spacial score (nSPS) is 9.33. The van der Waals surface area contributed by atoms with Gasteiger partial charge in [-0.2, -0.15) is 0 Å². The molecule has 6 nitrogen and oxygen atoms in total. The number of nitrogens with one attached hydrogen (secondary N) is 1. The van der Waals surface area contributed by atoms with Gasteiger partial charge in [0.05, 0.1) is 13.0 Å². The van der Waals surface area contributed by atoms with E-state index in [1.807, 2.05) is 0 Å². The van der Waals surface area contributed by atoms with Crippen LogP contribution < -0.4 is 5.32 Å². The SMILES string of the molecule is O=C(O)CCNCC(=O)C(=O)O. The third-order valence-corrected chi connectivity index (χ3v) is 1.04. The number of carbonyl (C=O) groups is 3. The van der Waals surface area contributed by atoms with Crippen molar-refractivity contribution in [1.82, 2.24) is 5.32 Å². The van der Waals surface area contributed by atoms with Gasteiger partial charge in [-0.25, -0.2) is 4.79 Å². The van der Waals surface area contributed by atoms with E-state index < -0.39 is 17.7 Å². The molecule has 0 bridgehead atoms. The minimum Gasteiger partial charge on any atom is -0.481 e. The van der Waals surface area contributed by atoms with Crippen LogP contribution in [0.25, 0.3) is 0 Å². The zero-order valence-corrected chi connectivity index (χ0v) is 6.24. The quantitative estimate of drug-likeness (QED) is 0.342. The summed E-state index contributed by atoms with van der Waals surface area (Å²) >= 11 is 0. The summed E-state index contributed by atoms with van der Waals surface area (Å²) in [6.07, 6.45) is -0.132. The molecule has 0 fully saturated rings. The lowest BCUT2D eigenvalue weighted by atomic mass is 10.3. The van der Waals surface area contributed by atoms with Gasteiger partial charge in [-0.1, -0.05) is 0 Å². The van der Waals surface area contributed by atoms with Gasteiger partial charge in [-0.15, -0.1) is 0 Å². The Morgan fingerprint density at radius 3 is 2.17 bits per heavy atom. The predicted octanol–water partition coefficient (Wildman–Crippen LogP) is -1.30. The molecule has 12 heavy (non-hydrogen) atoms. The molecule has 0 aromatic rings. The first-order valence-corrected chi connectivity index (χ1v) is 3.22. The molecule has 0 aliphatic rings. The number of carbonyl (C=O) groups excluding carboxylic acids is 1. The van der Waals surface area contributed by atoms with Crippen LogP contribution in [0.5, 0.6) is 0 Å². The van der Waals surface area contributed by atoms with Crippen molar-refractivity contribution in [1.29, 1.82) is 0 Å². The van der Waals surface area contributed by atoms with Gasteiger partial charge in [-0.05, 0) is 0 Å². The van der Waals surface area contributed by atoms with Crippen molar-refractivity contribution >= 4 is 17.7 Å². The highest BCUT2D eigenvalue weighted by Gasteiger charge is 2.09. The Balaban J connectivity index is 3.38. The van der Waals surface area contributed by atoms with Gasteiger partial charge < -0.3 is 15.5 Å². The Morgan fingerprint density at radius 1 is 1.17 bits per heavy atom. The van der Waals surface area contributed by atoms with Gasteiger partial charge in [-0.3, -0.25) is 9.59 Å². The van der Waals surface area contributed by atoms with Crippen molar-refractivity contribution in [2.45, 2.75) is 6.42 Å². The second-order valence-electron chi connectivity index (χ2n) is 2.05. The number of hydrogen-bond donors (Lipinski definition) is 3. The van der Waals surface area contributed by atoms with E-state index in [0.29, 0.717) is 0 Å². The summed E-state index contributed by atoms with van der Waals surface area (Å²) in [5.74, 6) is -3.48. The lowest BCUT2D eigenvalue weighted by Gasteiger charge is -1.97. The van der Waals surface area contributed by atoms with Gasteiger partial charge in [0.1, 0.15) is 0 Å². The Morgan fingerprint density at radius 2 is 1.75 bits per heavy atom. The molecule has 6 heteroatoms. The molecular formula is C6H9NO5. The van der Waals surface area contributed by atoms with Gasteiger partial charge in [0.2, 0.25) is 0 Å². The molecule has 0 spiro atoms. The van der Waals surface area contributed by atoms with Gasteiger partial charge in [0.25, 0.3) is 5.78 Å². The topological polar surface area (TPSA) is 104 Å². The van der Waals surface area contributed by atoms with Gasteiger partial charge in [0, 0.05) is 6.54 Å². The number of Topliss-reactive ketones (excluding diaryl/α,β-unsaturated/α-hetero) is 1. The summed E-state index contributed by atoms with van der Waals surface area (Å²) in [7, 11) is 0. The van der Waals surface area contributed by atoms with Crippen LogP contribution in [0.15, 0.2) is 0 Å². The fraction of sp³-hybridized carbons (Fsp3) is 0.500. The number of ketones is 1. The summed E-state index contributed by atoms with van der Waals surface area (Å²) < 4.78 is 0. The monoisotopic (exact) mass is 175 g/mol. The van der Waals surface area contributed by atoms with E-state index in [-0.39, 0.29) is 19.5 Å². The molecular weight excluding hydrogens is 166 g/mol. The van der Waals surface area contributed by atoms with Crippen LogP contribution in [0, 0.1) is 0 Å². The highest BCUT2D eigenvalue weighted by Crippen LogP contribution is 1.75. The van der Waals surface area contributed by atoms with Gasteiger partial charge >= 0.3 is 11.9 Å². The fourth-order valence-electron chi connectivity index (χ4n) is 0.473. The Kier molecular flexibility index (Phi) is 4.62. The minimum atomic E-state index is -1.52. The molecule has 0 atom stereocenters. The average Bonchev–Trinajstić information content (AvgIpc) is 1.97. The lowest BCUT2D eigenvalue weighted by molar-refractivity contribution is -0.148. The van der Waals surface area contributed by atoms with Crippen molar-refractivity contribution in [3.05, 3.63) is 0 Å². The van der Waals surface area contributed by atoms with Crippen LogP contribution in [-0.2, 0) is 14.4 Å². The van der Waals surface area contributed by atoms with Crippen molar-refractivity contribution in [2.24, 2.45) is 0 Å². The first-order chi connectivity index (χ1) is 5.54. The summed E-state index contributed by atoms with van der Waals surface area (Å²) in [4.78, 5) is 30.2. The molecule has 0 aliphatic carbocycles. The molecule has 3 N–H and O–H groups in total. The molecule has 0 aliphatic heterocycles. The Bertz CT molecular complexity index is 200. The van der Waals surface area contributed by atoms with E-state index in [2.05, 4.69) is 5.32 Å². The van der Waals surface area contributed by atoms with Crippen molar-refractivity contribution in [3.63, 3.8) is 0 Å². The number of hydrogen-bond acceptors (Lipinski definition) is 4. The van der Waals surface area contributed by atoms with Crippen molar-refractivity contribution in [3.8, 4) is 0 Å². The Labute approximate surface area is 68.2 Å². The molecule has 0 unspecified atom stereocenters. The molecule has 0 aromatic heterocycles. The maximum Gasteiger partial charge on any atom is 0.373 e. The molecule has 0 saturated carbocycles. The average molecular weight is 175 g/mol. The van der Waals surface area contributed by atoms with Crippen LogP contribution in [-0.4, -0.2) is 41.0 Å². The minimum absolute atomic E-state index is 0.0916. The van der Waals surface area contributed by atoms with Crippen LogP contribution >= 0.6 is 0 Å². The predicted molar refractivity (Wildman–Crippen MR) is 37.8 cm³/mol. The van der Waals surface area contributed by atoms with Crippen LogP contribution in [0.3, 0.4) is 0 Å². The van der Waals surface area contributed by atoms with Gasteiger partial charge in [0.15, 0.2) is 0 Å². The first kappa shape index (κ1) is 10.6. The summed E-state index contributed by atoms with van der Waals surface area (Å²) in [5.41, 5.74) is 0. The third kappa shape index (κ3) is 5.36. The van der Waals surface area contributed by atoms with Crippen molar-refractivity contribution in [2.75, 3.05) is 13.1 Å². The first-order valence-electron chi connectivity index (χ1n) is 3.22. The highest BCUT2D eigenvalue weighted by atomic mass is 16.4. The van der Waals surface area contributed by atoms with E-state index in [4.69, 9.17) is 10.2 Å². The fourth-order valence-corrected chi connectivity index (χ4v) is 0.473. The standard InChI is InChI=1S/C6H9NO5/c8-4(6(11)12)3-7-2-1-5(9)10/h7H,1-3H2,(H,9,10)(H,11,12).